The summed E-state index contributed by atoms with van der Waals surface area (Å²) in [4.78, 5) is 0. The zero-order valence-corrected chi connectivity index (χ0v) is 17.0. The van der Waals surface area contributed by atoms with Crippen LogP contribution in [0.15, 0.2) is 0 Å². The zero-order valence-electron chi connectivity index (χ0n) is 15.0. The van der Waals surface area contributed by atoms with Crippen LogP contribution in [0.3, 0.4) is 0 Å². The van der Waals surface area contributed by atoms with E-state index in [-0.39, 0.29) is 0 Å². The molecule has 128 valence electrons. The molecule has 0 N–H and O–H groups in total. The van der Waals surface area contributed by atoms with Crippen molar-refractivity contribution in [3.63, 3.8) is 0 Å². The summed E-state index contributed by atoms with van der Waals surface area (Å²) in [7, 11) is -4.03. The molecule has 0 fully saturated rings. The Balaban J connectivity index is 4.64. The molecule has 0 aliphatic carbocycles. The molecule has 0 amide bonds. The van der Waals surface area contributed by atoms with E-state index in [9.17, 15) is 0 Å². The first-order valence-electron chi connectivity index (χ1n) is 8.63. The minimum Gasteiger partial charge on any atom is -0.417 e. The lowest BCUT2D eigenvalue weighted by Gasteiger charge is -2.32. The van der Waals surface area contributed by atoms with Crippen molar-refractivity contribution < 1.29 is 17.7 Å². The Bertz CT molecular complexity index is 231. The van der Waals surface area contributed by atoms with Crippen LogP contribution in [0.4, 0.5) is 0 Å². The van der Waals surface area contributed by atoms with Crippen LogP contribution in [0.1, 0.15) is 48.0 Å². The molecule has 4 nitrogen and oxygen atoms in total. The van der Waals surface area contributed by atoms with Gasteiger partial charge in [0.05, 0.1) is 0 Å². The highest BCUT2D eigenvalue weighted by atomic mass is 28.4. The maximum atomic E-state index is 6.15. The predicted molar refractivity (Wildman–Crippen MR) is 93.2 cm³/mol. The standard InChI is InChI=1S/C15H36O4Si2/c1-7-16-20(11-5,12-6)14-13-15-21(17-8-2,18-9-3)19-10-4/h7-15H2,1-6H3. The molecule has 0 aliphatic heterocycles. The van der Waals surface area contributed by atoms with Crippen molar-refractivity contribution in [2.24, 2.45) is 0 Å². The predicted octanol–water partition coefficient (Wildman–Crippen LogP) is 4.45. The van der Waals surface area contributed by atoms with E-state index in [4.69, 9.17) is 17.7 Å². The molecule has 6 heteroatoms. The molecule has 0 saturated heterocycles. The largest absolute Gasteiger partial charge is 0.500 e. The second-order valence-electron chi connectivity index (χ2n) is 5.16. The summed E-state index contributed by atoms with van der Waals surface area (Å²) < 4.78 is 23.9. The number of hydrogen-bond donors (Lipinski definition) is 0. The van der Waals surface area contributed by atoms with Crippen LogP contribution in [0, 0.1) is 0 Å². The monoisotopic (exact) mass is 336 g/mol. The van der Waals surface area contributed by atoms with Gasteiger partial charge in [0.1, 0.15) is 0 Å². The highest BCUT2D eigenvalue weighted by Gasteiger charge is 2.41. The lowest BCUT2D eigenvalue weighted by molar-refractivity contribution is 0.0711. The van der Waals surface area contributed by atoms with E-state index in [0.29, 0.717) is 19.8 Å². The second kappa shape index (κ2) is 11.8. The SMILES string of the molecule is CCO[Si](CC)(CC)CCC[Si](OCC)(OCC)OCC. The minimum absolute atomic E-state index is 0.655. The summed E-state index contributed by atoms with van der Waals surface area (Å²) >= 11 is 0. The van der Waals surface area contributed by atoms with Crippen LogP contribution in [-0.4, -0.2) is 43.5 Å². The van der Waals surface area contributed by atoms with E-state index in [1.807, 2.05) is 20.8 Å². The van der Waals surface area contributed by atoms with Crippen molar-refractivity contribution in [1.82, 2.24) is 0 Å². The molecule has 0 atom stereocenters. The molecule has 21 heavy (non-hydrogen) atoms. The molecule has 0 heterocycles. The second-order valence-corrected chi connectivity index (χ2v) is 12.5. The molecule has 0 aromatic carbocycles. The van der Waals surface area contributed by atoms with Crippen molar-refractivity contribution in [3.05, 3.63) is 0 Å². The topological polar surface area (TPSA) is 36.9 Å². The lowest BCUT2D eigenvalue weighted by atomic mass is 10.6. The van der Waals surface area contributed by atoms with Crippen LogP contribution < -0.4 is 0 Å². The van der Waals surface area contributed by atoms with Gasteiger partial charge in [0, 0.05) is 32.5 Å². The molecule has 0 unspecified atom stereocenters. The van der Waals surface area contributed by atoms with Gasteiger partial charge in [-0.3, -0.25) is 0 Å². The first-order chi connectivity index (χ1) is 10.1. The highest BCUT2D eigenvalue weighted by molar-refractivity contribution is 6.73. The van der Waals surface area contributed by atoms with Gasteiger partial charge in [-0.15, -0.1) is 0 Å². The van der Waals surface area contributed by atoms with Crippen molar-refractivity contribution in [2.75, 3.05) is 26.4 Å². The van der Waals surface area contributed by atoms with Gasteiger partial charge in [-0.1, -0.05) is 13.8 Å². The third-order valence-electron chi connectivity index (χ3n) is 3.95. The molecule has 0 aliphatic rings. The quantitative estimate of drug-likeness (QED) is 0.439. The maximum Gasteiger partial charge on any atom is 0.500 e. The molecule has 0 aromatic heterocycles. The number of hydrogen-bond acceptors (Lipinski definition) is 4. The lowest BCUT2D eigenvalue weighted by Crippen LogP contribution is -2.46. The van der Waals surface area contributed by atoms with Gasteiger partial charge in [-0.2, -0.15) is 0 Å². The highest BCUT2D eigenvalue weighted by Crippen LogP contribution is 2.28. The molecular formula is C15H36O4Si2. The van der Waals surface area contributed by atoms with Crippen molar-refractivity contribution in [3.8, 4) is 0 Å². The van der Waals surface area contributed by atoms with E-state index in [1.54, 1.807) is 0 Å². The van der Waals surface area contributed by atoms with Gasteiger partial charge < -0.3 is 17.7 Å². The Morgan fingerprint density at radius 3 is 1.33 bits per heavy atom. The summed E-state index contributed by atoms with van der Waals surface area (Å²) in [6.07, 6.45) is 1.08. The fraction of sp³-hybridized carbons (Fsp3) is 1.00. The first kappa shape index (κ1) is 21.3. The van der Waals surface area contributed by atoms with Crippen molar-refractivity contribution >= 4 is 17.1 Å². The molecule has 0 saturated carbocycles. The van der Waals surface area contributed by atoms with Crippen molar-refractivity contribution in [2.45, 2.75) is 72.1 Å². The molecule has 0 aromatic rings. The van der Waals surface area contributed by atoms with Crippen molar-refractivity contribution in [1.29, 1.82) is 0 Å². The van der Waals surface area contributed by atoms with Gasteiger partial charge >= 0.3 is 8.80 Å². The van der Waals surface area contributed by atoms with E-state index in [2.05, 4.69) is 20.8 Å². The average molecular weight is 337 g/mol. The van der Waals surface area contributed by atoms with Crippen LogP contribution in [0.2, 0.25) is 24.2 Å². The molecule has 0 rings (SSSR count). The van der Waals surface area contributed by atoms with Gasteiger partial charge in [-0.25, -0.2) is 0 Å². The van der Waals surface area contributed by atoms with Gasteiger partial charge in [0.15, 0.2) is 8.32 Å². The van der Waals surface area contributed by atoms with Crippen LogP contribution >= 0.6 is 0 Å². The van der Waals surface area contributed by atoms with Crippen LogP contribution in [0.25, 0.3) is 0 Å². The van der Waals surface area contributed by atoms with E-state index >= 15 is 0 Å². The summed E-state index contributed by atoms with van der Waals surface area (Å²) in [6.45, 7) is 15.5. The Morgan fingerprint density at radius 1 is 0.571 bits per heavy atom. The molecule has 0 bridgehead atoms. The van der Waals surface area contributed by atoms with Gasteiger partial charge in [0.2, 0.25) is 0 Å². The smallest absolute Gasteiger partial charge is 0.417 e. The van der Waals surface area contributed by atoms with E-state index < -0.39 is 17.1 Å². The maximum absolute atomic E-state index is 6.15. The summed E-state index contributed by atoms with van der Waals surface area (Å²) in [6, 6.07) is 4.45. The Morgan fingerprint density at radius 2 is 1.00 bits per heavy atom. The Hall–Kier alpha value is 0.274. The molecular weight excluding hydrogens is 300 g/mol. The first-order valence-corrected chi connectivity index (χ1v) is 13.1. The Kier molecular flexibility index (Phi) is 11.9. The molecule has 0 radical (unpaired) electrons. The van der Waals surface area contributed by atoms with E-state index in [1.165, 1.54) is 18.1 Å². The summed E-state index contributed by atoms with van der Waals surface area (Å²) in [5.41, 5.74) is 0. The van der Waals surface area contributed by atoms with Crippen LogP contribution in [0.5, 0.6) is 0 Å². The average Bonchev–Trinajstić information content (AvgIpc) is 2.47. The minimum atomic E-state index is -2.48. The van der Waals surface area contributed by atoms with E-state index in [0.717, 1.165) is 19.1 Å². The normalized spacial score (nSPS) is 12.9. The third kappa shape index (κ3) is 7.39. The third-order valence-corrected chi connectivity index (χ3v) is 11.8. The van der Waals surface area contributed by atoms with Gasteiger partial charge in [0.25, 0.3) is 0 Å². The van der Waals surface area contributed by atoms with Gasteiger partial charge in [-0.05, 0) is 52.2 Å². The zero-order chi connectivity index (χ0) is 16.2. The summed E-state index contributed by atoms with van der Waals surface area (Å²) in [5, 5.41) is 0. The van der Waals surface area contributed by atoms with Crippen LogP contribution in [-0.2, 0) is 17.7 Å². The fourth-order valence-electron chi connectivity index (χ4n) is 2.81. The Labute approximate surface area is 134 Å². The fourth-order valence-corrected chi connectivity index (χ4v) is 8.97. The molecule has 0 spiro atoms. The summed E-state index contributed by atoms with van der Waals surface area (Å²) in [5.74, 6) is 0. The number of rotatable bonds is 14.